The molecule has 2 N–H and O–H groups in total. The first-order valence-corrected chi connectivity index (χ1v) is 7.06. The van der Waals surface area contributed by atoms with Crippen molar-refractivity contribution in [3.05, 3.63) is 22.6 Å². The summed E-state index contributed by atoms with van der Waals surface area (Å²) < 4.78 is 1.28. The second-order valence-electron chi connectivity index (χ2n) is 6.07. The van der Waals surface area contributed by atoms with Crippen LogP contribution in [0.1, 0.15) is 13.8 Å². The van der Waals surface area contributed by atoms with Crippen LogP contribution in [0.25, 0.3) is 5.65 Å². The van der Waals surface area contributed by atoms with E-state index >= 15 is 0 Å². The van der Waals surface area contributed by atoms with Gasteiger partial charge in [0.05, 0.1) is 5.60 Å². The summed E-state index contributed by atoms with van der Waals surface area (Å²) >= 11 is 0. The molecule has 0 amide bonds. The number of anilines is 1. The first-order valence-electron chi connectivity index (χ1n) is 7.06. The molecule has 2 aromatic heterocycles. The summed E-state index contributed by atoms with van der Waals surface area (Å²) in [6.07, 6.45) is 0. The lowest BCUT2D eigenvalue weighted by molar-refractivity contribution is 0.0344. The van der Waals surface area contributed by atoms with Crippen molar-refractivity contribution >= 4 is 11.5 Å². The Morgan fingerprint density at radius 3 is 2.67 bits per heavy atom. The number of nitrogens with one attached hydrogen (secondary N) is 1. The molecule has 21 heavy (non-hydrogen) atoms. The second kappa shape index (κ2) is 5.12. The fourth-order valence-corrected chi connectivity index (χ4v) is 2.64. The maximum Gasteiger partial charge on any atom is 0.364 e. The van der Waals surface area contributed by atoms with Crippen molar-refractivity contribution in [1.29, 1.82) is 0 Å². The van der Waals surface area contributed by atoms with E-state index in [-0.39, 0.29) is 5.69 Å². The van der Waals surface area contributed by atoms with Gasteiger partial charge in [-0.1, -0.05) is 0 Å². The minimum atomic E-state index is -0.677. The van der Waals surface area contributed by atoms with Crippen LogP contribution in [0, 0.1) is 0 Å². The van der Waals surface area contributed by atoms with Crippen LogP contribution < -0.4 is 10.6 Å². The van der Waals surface area contributed by atoms with Crippen molar-refractivity contribution in [3.63, 3.8) is 0 Å². The number of H-pyrrole nitrogens is 1. The van der Waals surface area contributed by atoms with Crippen molar-refractivity contribution < 1.29 is 5.11 Å². The molecule has 2 aromatic rings. The lowest BCUT2D eigenvalue weighted by Gasteiger charge is -2.37. The Hall–Kier alpha value is -1.93. The van der Waals surface area contributed by atoms with E-state index in [1.807, 2.05) is 19.9 Å². The summed E-state index contributed by atoms with van der Waals surface area (Å²) in [5.74, 6) is 0.772. The van der Waals surface area contributed by atoms with Gasteiger partial charge >= 0.3 is 5.69 Å². The van der Waals surface area contributed by atoms with Gasteiger partial charge in [-0.3, -0.25) is 4.90 Å². The Labute approximate surface area is 122 Å². The van der Waals surface area contributed by atoms with Crippen LogP contribution in [0.15, 0.2) is 16.9 Å². The Morgan fingerprint density at radius 2 is 2.00 bits per heavy atom. The summed E-state index contributed by atoms with van der Waals surface area (Å²) in [5, 5.41) is 20.4. The molecular formula is C13H20N6O2. The standard InChI is InChI=1S/C13H20N6O2/c1-13(2,21)9-17-5-7-18(8-6-17)11-4-3-10-14-15-12(20)19(10)16-11/h3-4,21H,5-9H2,1-2H3,(H,15,20). The van der Waals surface area contributed by atoms with Gasteiger partial charge in [-0.25, -0.2) is 9.89 Å². The lowest BCUT2D eigenvalue weighted by Crippen LogP contribution is -2.50. The van der Waals surface area contributed by atoms with Crippen LogP contribution in [-0.4, -0.2) is 68.1 Å². The van der Waals surface area contributed by atoms with Crippen LogP contribution in [0.2, 0.25) is 0 Å². The number of hydrogen-bond acceptors (Lipinski definition) is 6. The van der Waals surface area contributed by atoms with Gasteiger partial charge in [-0.2, -0.15) is 9.61 Å². The number of β-amino-alcohol motifs (C(OH)–C–C–N with tert-alkyl or cyclic N) is 1. The first-order chi connectivity index (χ1) is 9.92. The van der Waals surface area contributed by atoms with E-state index in [2.05, 4.69) is 25.1 Å². The first kappa shape index (κ1) is 14.0. The molecule has 1 saturated heterocycles. The smallest absolute Gasteiger partial charge is 0.364 e. The van der Waals surface area contributed by atoms with Crippen molar-refractivity contribution in [3.8, 4) is 0 Å². The highest BCUT2D eigenvalue weighted by Gasteiger charge is 2.23. The molecule has 1 fully saturated rings. The summed E-state index contributed by atoms with van der Waals surface area (Å²) in [4.78, 5) is 15.9. The largest absolute Gasteiger partial charge is 0.389 e. The Balaban J connectivity index is 1.70. The van der Waals surface area contributed by atoms with Gasteiger partial charge in [-0.05, 0) is 26.0 Å². The molecule has 0 aromatic carbocycles. The molecule has 1 aliphatic heterocycles. The van der Waals surface area contributed by atoms with Crippen LogP contribution in [0.5, 0.6) is 0 Å². The van der Waals surface area contributed by atoms with Crippen molar-refractivity contribution in [1.82, 2.24) is 24.7 Å². The fourth-order valence-electron chi connectivity index (χ4n) is 2.64. The molecule has 3 rings (SSSR count). The van der Waals surface area contributed by atoms with Gasteiger partial charge < -0.3 is 10.0 Å². The number of aromatic amines is 1. The van der Waals surface area contributed by atoms with Crippen LogP contribution >= 0.6 is 0 Å². The fraction of sp³-hybridized carbons (Fsp3) is 0.615. The SMILES string of the molecule is CC(C)(O)CN1CCN(c2ccc3n[nH]c(=O)n3n2)CC1. The van der Waals surface area contributed by atoms with Gasteiger partial charge in [0.25, 0.3) is 0 Å². The van der Waals surface area contributed by atoms with E-state index in [0.717, 1.165) is 32.0 Å². The highest BCUT2D eigenvalue weighted by atomic mass is 16.3. The molecule has 0 bridgehead atoms. The highest BCUT2D eigenvalue weighted by Crippen LogP contribution is 2.14. The Kier molecular flexibility index (Phi) is 3.42. The number of fused-ring (bicyclic) bond motifs is 1. The van der Waals surface area contributed by atoms with E-state index in [4.69, 9.17) is 0 Å². The number of aromatic nitrogens is 4. The number of aliphatic hydroxyl groups is 1. The molecule has 0 spiro atoms. The molecule has 0 aliphatic carbocycles. The lowest BCUT2D eigenvalue weighted by atomic mass is 10.1. The third-order valence-electron chi connectivity index (χ3n) is 3.57. The van der Waals surface area contributed by atoms with Crippen molar-refractivity contribution in [2.75, 3.05) is 37.6 Å². The number of hydrogen-bond donors (Lipinski definition) is 2. The molecule has 114 valence electrons. The number of rotatable bonds is 3. The molecule has 8 heteroatoms. The molecular weight excluding hydrogens is 272 g/mol. The highest BCUT2D eigenvalue weighted by molar-refractivity contribution is 5.45. The third kappa shape index (κ3) is 3.06. The quantitative estimate of drug-likeness (QED) is 0.778. The molecule has 8 nitrogen and oxygen atoms in total. The monoisotopic (exact) mass is 292 g/mol. The zero-order valence-electron chi connectivity index (χ0n) is 12.3. The minimum Gasteiger partial charge on any atom is -0.389 e. The van der Waals surface area contributed by atoms with Gasteiger partial charge in [0.2, 0.25) is 0 Å². The predicted molar refractivity (Wildman–Crippen MR) is 78.6 cm³/mol. The minimum absolute atomic E-state index is 0.326. The normalized spacial score (nSPS) is 17.6. The van der Waals surface area contributed by atoms with Crippen molar-refractivity contribution in [2.24, 2.45) is 0 Å². The van der Waals surface area contributed by atoms with E-state index in [0.29, 0.717) is 12.2 Å². The molecule has 0 saturated carbocycles. The second-order valence-corrected chi connectivity index (χ2v) is 6.07. The van der Waals surface area contributed by atoms with Crippen LogP contribution in [0.4, 0.5) is 5.82 Å². The van der Waals surface area contributed by atoms with Crippen LogP contribution in [0.3, 0.4) is 0 Å². The van der Waals surface area contributed by atoms with Crippen molar-refractivity contribution in [2.45, 2.75) is 19.4 Å². The van der Waals surface area contributed by atoms with E-state index in [1.165, 1.54) is 4.52 Å². The zero-order chi connectivity index (χ0) is 15.0. The third-order valence-corrected chi connectivity index (χ3v) is 3.57. The summed E-state index contributed by atoms with van der Waals surface area (Å²) in [5.41, 5.74) is -0.486. The van der Waals surface area contributed by atoms with Gasteiger partial charge in [-0.15, -0.1) is 5.10 Å². The molecule has 0 atom stereocenters. The van der Waals surface area contributed by atoms with Gasteiger partial charge in [0.1, 0.15) is 5.82 Å². The van der Waals surface area contributed by atoms with Gasteiger partial charge in [0, 0.05) is 32.7 Å². The van der Waals surface area contributed by atoms with E-state index in [1.54, 1.807) is 6.07 Å². The molecule has 3 heterocycles. The summed E-state index contributed by atoms with van der Waals surface area (Å²) in [6.45, 7) is 7.67. The Bertz CT molecular complexity index is 678. The average Bonchev–Trinajstić information content (AvgIpc) is 2.79. The molecule has 1 aliphatic rings. The Morgan fingerprint density at radius 1 is 1.29 bits per heavy atom. The van der Waals surface area contributed by atoms with Crippen LogP contribution in [-0.2, 0) is 0 Å². The maximum absolute atomic E-state index is 11.6. The molecule has 0 unspecified atom stereocenters. The van der Waals surface area contributed by atoms with E-state index in [9.17, 15) is 9.90 Å². The maximum atomic E-state index is 11.6. The summed E-state index contributed by atoms with van der Waals surface area (Å²) in [6, 6.07) is 3.66. The summed E-state index contributed by atoms with van der Waals surface area (Å²) in [7, 11) is 0. The topological polar surface area (TPSA) is 89.8 Å². The zero-order valence-corrected chi connectivity index (χ0v) is 12.3. The number of nitrogens with zero attached hydrogens (tertiary/aromatic N) is 5. The van der Waals surface area contributed by atoms with Gasteiger partial charge in [0.15, 0.2) is 5.65 Å². The molecule has 0 radical (unpaired) electrons. The van der Waals surface area contributed by atoms with E-state index < -0.39 is 5.60 Å². The predicted octanol–water partition coefficient (Wildman–Crippen LogP) is -0.689. The average molecular weight is 292 g/mol. The number of piperazine rings is 1.